The molecule has 1 N–H and O–H groups in total. The molecule has 0 aliphatic carbocycles. The van der Waals surface area contributed by atoms with Gasteiger partial charge in [-0.1, -0.05) is 43.7 Å². The number of carbonyl (C=O) groups excluding carboxylic acids is 3. The van der Waals surface area contributed by atoms with Crippen molar-refractivity contribution in [3.63, 3.8) is 0 Å². The molecule has 0 saturated carbocycles. The Balaban J connectivity index is 1.79. The van der Waals surface area contributed by atoms with Crippen molar-refractivity contribution in [3.8, 4) is 11.5 Å². The second-order valence-electron chi connectivity index (χ2n) is 9.79. The number of carbonyl (C=O) groups is 3. The molecule has 218 valence electrons. The summed E-state index contributed by atoms with van der Waals surface area (Å²) in [7, 11) is 2.86. The minimum absolute atomic E-state index is 0.0200. The van der Waals surface area contributed by atoms with Crippen molar-refractivity contribution in [2.75, 3.05) is 27.4 Å². The number of methoxy groups -OCH3 is 2. The summed E-state index contributed by atoms with van der Waals surface area (Å²) in [6, 6.07) is 10.7. The van der Waals surface area contributed by atoms with Crippen LogP contribution in [-0.2, 0) is 30.2 Å². The Bertz CT molecular complexity index is 1110. The van der Waals surface area contributed by atoms with Gasteiger partial charge < -0.3 is 29.0 Å². The van der Waals surface area contributed by atoms with Gasteiger partial charge in [0.15, 0.2) is 11.4 Å². The number of cyclic esters (lactones) is 1. The number of benzene rings is 1. The Kier molecular flexibility index (Phi) is 12.4. The van der Waals surface area contributed by atoms with Crippen molar-refractivity contribution in [2.45, 2.75) is 70.6 Å². The number of hydrogen-bond donors (Lipinski definition) is 1. The molecule has 1 fully saturated rings. The first-order valence-corrected chi connectivity index (χ1v) is 13.8. The van der Waals surface area contributed by atoms with E-state index in [0.717, 1.165) is 19.3 Å². The summed E-state index contributed by atoms with van der Waals surface area (Å²) in [6.45, 7) is 4.59. The number of amides is 1. The summed E-state index contributed by atoms with van der Waals surface area (Å²) in [6.07, 6.45) is 4.02. The molecule has 10 nitrogen and oxygen atoms in total. The van der Waals surface area contributed by atoms with Gasteiger partial charge in [0.1, 0.15) is 12.1 Å². The highest BCUT2D eigenvalue weighted by atomic mass is 16.6. The van der Waals surface area contributed by atoms with Crippen LogP contribution in [0.25, 0.3) is 0 Å². The molecule has 1 aliphatic heterocycles. The van der Waals surface area contributed by atoms with E-state index in [0.29, 0.717) is 19.4 Å². The Labute approximate surface area is 235 Å². The fourth-order valence-electron chi connectivity index (χ4n) is 4.80. The van der Waals surface area contributed by atoms with Gasteiger partial charge in [-0.25, -0.2) is 9.78 Å². The first kappa shape index (κ1) is 31.0. The van der Waals surface area contributed by atoms with Crippen molar-refractivity contribution in [2.24, 2.45) is 5.92 Å². The molecule has 1 aromatic carbocycles. The average molecular weight is 557 g/mol. The monoisotopic (exact) mass is 556 g/mol. The Morgan fingerprint density at radius 1 is 1.10 bits per heavy atom. The van der Waals surface area contributed by atoms with Gasteiger partial charge in [-0.3, -0.25) is 9.59 Å². The Morgan fingerprint density at radius 3 is 2.58 bits per heavy atom. The number of nitrogens with zero attached hydrogens (tertiary/aromatic N) is 1. The number of esters is 2. The van der Waals surface area contributed by atoms with Gasteiger partial charge in [-0.15, -0.1) is 0 Å². The van der Waals surface area contributed by atoms with Gasteiger partial charge in [0.25, 0.3) is 5.91 Å². The van der Waals surface area contributed by atoms with E-state index in [2.05, 4.69) is 22.4 Å². The van der Waals surface area contributed by atoms with Gasteiger partial charge in [-0.05, 0) is 44.1 Å². The van der Waals surface area contributed by atoms with Crippen molar-refractivity contribution in [1.29, 1.82) is 0 Å². The van der Waals surface area contributed by atoms with Crippen LogP contribution in [0.3, 0.4) is 0 Å². The highest BCUT2D eigenvalue weighted by Crippen LogP contribution is 2.31. The van der Waals surface area contributed by atoms with E-state index in [1.165, 1.54) is 32.0 Å². The lowest BCUT2D eigenvalue weighted by Crippen LogP contribution is -2.44. The van der Waals surface area contributed by atoms with E-state index in [-0.39, 0.29) is 42.2 Å². The zero-order valence-electron chi connectivity index (χ0n) is 23.7. The Morgan fingerprint density at radius 2 is 1.88 bits per heavy atom. The largest absolute Gasteiger partial charge is 0.493 e. The molecule has 2 heterocycles. The van der Waals surface area contributed by atoms with E-state index in [1.807, 2.05) is 32.0 Å². The molecule has 0 unspecified atom stereocenters. The van der Waals surface area contributed by atoms with Gasteiger partial charge >= 0.3 is 11.9 Å². The molecular formula is C30H40N2O8. The average Bonchev–Trinajstić information content (AvgIpc) is 3.00. The maximum atomic E-state index is 13.3. The smallest absolute Gasteiger partial charge is 0.329 e. The lowest BCUT2D eigenvalue weighted by molar-refractivity contribution is -0.160. The number of pyridine rings is 1. The van der Waals surface area contributed by atoms with Crippen molar-refractivity contribution >= 4 is 17.8 Å². The number of hydrogen-bond acceptors (Lipinski definition) is 9. The van der Waals surface area contributed by atoms with Crippen molar-refractivity contribution in [1.82, 2.24) is 10.3 Å². The summed E-state index contributed by atoms with van der Waals surface area (Å²) in [5.41, 5.74) is 1.02. The molecule has 40 heavy (non-hydrogen) atoms. The number of rotatable bonds is 12. The van der Waals surface area contributed by atoms with E-state index >= 15 is 0 Å². The third-order valence-electron chi connectivity index (χ3n) is 6.77. The van der Waals surface area contributed by atoms with Gasteiger partial charge in [-0.2, -0.15) is 0 Å². The molecule has 1 aliphatic rings. The number of nitrogens with one attached hydrogen (secondary N) is 1. The third kappa shape index (κ3) is 8.76. The molecule has 0 spiro atoms. The van der Waals surface area contributed by atoms with Crippen molar-refractivity contribution < 1.29 is 38.1 Å². The fourth-order valence-corrected chi connectivity index (χ4v) is 4.80. The minimum Gasteiger partial charge on any atom is -0.493 e. The summed E-state index contributed by atoms with van der Waals surface area (Å²) in [4.78, 5) is 43.0. The van der Waals surface area contributed by atoms with E-state index < -0.39 is 30.0 Å². The molecular weight excluding hydrogens is 516 g/mol. The second kappa shape index (κ2) is 15.9. The first-order chi connectivity index (χ1) is 19.4. The SMILES string of the molecule is CCCO[C@@H]1[C@@H](Cc2ccccc2)CCC[C@H](NC(=O)c2nccc(OC)c2OC(=O)CCOC)C(=O)O[C@H]1C. The van der Waals surface area contributed by atoms with Crippen LogP contribution in [0.15, 0.2) is 42.6 Å². The molecule has 1 saturated heterocycles. The summed E-state index contributed by atoms with van der Waals surface area (Å²) >= 11 is 0. The van der Waals surface area contributed by atoms with Crippen LogP contribution in [0.2, 0.25) is 0 Å². The maximum Gasteiger partial charge on any atom is 0.329 e. The predicted molar refractivity (Wildman–Crippen MR) is 147 cm³/mol. The van der Waals surface area contributed by atoms with E-state index in [4.69, 9.17) is 23.7 Å². The van der Waals surface area contributed by atoms with Crippen LogP contribution < -0.4 is 14.8 Å². The normalized spacial score (nSPS) is 21.4. The maximum absolute atomic E-state index is 13.3. The second-order valence-corrected chi connectivity index (χ2v) is 9.79. The zero-order chi connectivity index (χ0) is 28.9. The fraction of sp³-hybridized carbons (Fsp3) is 0.533. The van der Waals surface area contributed by atoms with Gasteiger partial charge in [0.2, 0.25) is 5.75 Å². The molecule has 2 aromatic rings. The third-order valence-corrected chi connectivity index (χ3v) is 6.77. The molecule has 0 bridgehead atoms. The molecule has 1 amide bonds. The predicted octanol–water partition coefficient (Wildman–Crippen LogP) is 3.90. The molecule has 1 aromatic heterocycles. The summed E-state index contributed by atoms with van der Waals surface area (Å²) < 4.78 is 27.7. The molecule has 4 atom stereocenters. The van der Waals surface area contributed by atoms with Gasteiger partial charge in [0.05, 0.1) is 26.2 Å². The summed E-state index contributed by atoms with van der Waals surface area (Å²) in [5, 5.41) is 2.74. The zero-order valence-corrected chi connectivity index (χ0v) is 23.7. The highest BCUT2D eigenvalue weighted by Gasteiger charge is 2.35. The van der Waals surface area contributed by atoms with Crippen LogP contribution >= 0.6 is 0 Å². The minimum atomic E-state index is -0.915. The number of aromatic nitrogens is 1. The Hall–Kier alpha value is -3.50. The quantitative estimate of drug-likeness (QED) is 0.388. The van der Waals surface area contributed by atoms with E-state index in [1.54, 1.807) is 0 Å². The molecule has 0 radical (unpaired) electrons. The lowest BCUT2D eigenvalue weighted by Gasteiger charge is -2.31. The molecule has 10 heteroatoms. The summed E-state index contributed by atoms with van der Waals surface area (Å²) in [5.74, 6) is -1.67. The number of ether oxygens (including phenoxy) is 5. The van der Waals surface area contributed by atoms with Crippen LogP contribution in [-0.4, -0.2) is 68.5 Å². The first-order valence-electron chi connectivity index (χ1n) is 13.8. The van der Waals surface area contributed by atoms with Crippen LogP contribution in [0.4, 0.5) is 0 Å². The van der Waals surface area contributed by atoms with Crippen molar-refractivity contribution in [3.05, 3.63) is 53.9 Å². The van der Waals surface area contributed by atoms with Gasteiger partial charge in [0, 0.05) is 26.0 Å². The van der Waals surface area contributed by atoms with Crippen LogP contribution in [0, 0.1) is 5.92 Å². The molecule has 3 rings (SSSR count). The topological polar surface area (TPSA) is 122 Å². The van der Waals surface area contributed by atoms with Crippen LogP contribution in [0.1, 0.15) is 62.0 Å². The standard InChI is InChI=1S/C30H40N2O8/c1-5-17-38-27-20(2)39-30(35)23(13-9-12-22(27)19-21-10-7-6-8-11-21)32-29(34)26-28(24(37-4)14-16-31-26)40-25(33)15-18-36-3/h6-8,10-11,14,16,20,22-23,27H,5,9,12-13,15,17-19H2,1-4H3,(H,32,34)/t20-,22+,23-,27-/m0/s1. The van der Waals surface area contributed by atoms with Crippen LogP contribution in [0.5, 0.6) is 11.5 Å². The lowest BCUT2D eigenvalue weighted by atomic mass is 9.87. The van der Waals surface area contributed by atoms with E-state index in [9.17, 15) is 14.4 Å². The highest BCUT2D eigenvalue weighted by molar-refractivity contribution is 5.98.